The lowest BCUT2D eigenvalue weighted by Crippen LogP contribution is -2.42. The van der Waals surface area contributed by atoms with Crippen LogP contribution in [0.5, 0.6) is 0 Å². The van der Waals surface area contributed by atoms with Gasteiger partial charge in [-0.25, -0.2) is 4.79 Å². The van der Waals surface area contributed by atoms with Crippen LogP contribution in [0, 0.1) is 19.8 Å². The lowest BCUT2D eigenvalue weighted by Gasteiger charge is -2.18. The molecule has 1 aromatic carbocycles. The smallest absolute Gasteiger partial charge is 0.328 e. The number of halogens is 1. The maximum atomic E-state index is 12.3. The Hall–Kier alpha value is -1.36. The Kier molecular flexibility index (Phi) is 6.40. The van der Waals surface area contributed by atoms with Gasteiger partial charge in [-0.15, -0.1) is 0 Å². The third kappa shape index (κ3) is 4.84. The molecule has 0 saturated heterocycles. The van der Waals surface area contributed by atoms with Crippen LogP contribution in [-0.4, -0.2) is 25.0 Å². The van der Waals surface area contributed by atoms with E-state index < -0.39 is 12.0 Å². The van der Waals surface area contributed by atoms with Gasteiger partial charge in [0.1, 0.15) is 6.04 Å². The molecule has 1 N–H and O–H groups in total. The second kappa shape index (κ2) is 7.59. The summed E-state index contributed by atoms with van der Waals surface area (Å²) in [6.07, 6.45) is 0.549. The highest BCUT2D eigenvalue weighted by Gasteiger charge is 2.23. The van der Waals surface area contributed by atoms with Gasteiger partial charge in [0.05, 0.1) is 7.11 Å². The lowest BCUT2D eigenvalue weighted by atomic mass is 10.0. The zero-order valence-electron chi connectivity index (χ0n) is 13.1. The van der Waals surface area contributed by atoms with E-state index in [1.807, 2.05) is 27.7 Å². The average Bonchev–Trinajstić information content (AvgIpc) is 2.41. The maximum Gasteiger partial charge on any atom is 0.328 e. The largest absolute Gasteiger partial charge is 0.467 e. The van der Waals surface area contributed by atoms with Gasteiger partial charge in [-0.2, -0.15) is 0 Å². The quantitative estimate of drug-likeness (QED) is 0.823. The van der Waals surface area contributed by atoms with Gasteiger partial charge < -0.3 is 10.1 Å². The van der Waals surface area contributed by atoms with Crippen molar-refractivity contribution in [2.75, 3.05) is 7.11 Å². The Morgan fingerprint density at radius 1 is 1.24 bits per heavy atom. The SMILES string of the molecule is COC(=O)[C@@H](CC(C)C)NC(=O)c1cc(C)c(Br)c(C)c1. The van der Waals surface area contributed by atoms with Crippen LogP contribution in [0.3, 0.4) is 0 Å². The Balaban J connectivity index is 2.94. The minimum absolute atomic E-state index is 0.259. The van der Waals surface area contributed by atoms with Crippen LogP contribution in [0.25, 0.3) is 0 Å². The number of nitrogens with one attached hydrogen (secondary N) is 1. The molecule has 1 atom stereocenters. The minimum Gasteiger partial charge on any atom is -0.467 e. The normalized spacial score (nSPS) is 12.1. The molecule has 0 fully saturated rings. The number of rotatable bonds is 5. The molecule has 21 heavy (non-hydrogen) atoms. The first-order valence-electron chi connectivity index (χ1n) is 6.91. The summed E-state index contributed by atoms with van der Waals surface area (Å²) < 4.78 is 5.75. The van der Waals surface area contributed by atoms with Gasteiger partial charge in [-0.3, -0.25) is 4.79 Å². The van der Waals surface area contributed by atoms with Crippen molar-refractivity contribution in [1.29, 1.82) is 0 Å². The Morgan fingerprint density at radius 3 is 2.19 bits per heavy atom. The highest BCUT2D eigenvalue weighted by Crippen LogP contribution is 2.22. The number of ether oxygens (including phenoxy) is 1. The van der Waals surface area contributed by atoms with E-state index in [9.17, 15) is 9.59 Å². The summed E-state index contributed by atoms with van der Waals surface area (Å²) in [5.74, 6) is -0.393. The van der Waals surface area contributed by atoms with Crippen molar-refractivity contribution in [1.82, 2.24) is 5.32 Å². The topological polar surface area (TPSA) is 55.4 Å². The number of esters is 1. The van der Waals surface area contributed by atoms with E-state index in [1.54, 1.807) is 12.1 Å². The van der Waals surface area contributed by atoms with Crippen molar-refractivity contribution in [3.8, 4) is 0 Å². The van der Waals surface area contributed by atoms with Gasteiger partial charge in [0.15, 0.2) is 0 Å². The van der Waals surface area contributed by atoms with Crippen molar-refractivity contribution < 1.29 is 14.3 Å². The number of hydrogen-bond acceptors (Lipinski definition) is 3. The molecule has 116 valence electrons. The average molecular weight is 356 g/mol. The van der Waals surface area contributed by atoms with Crippen LogP contribution in [-0.2, 0) is 9.53 Å². The zero-order chi connectivity index (χ0) is 16.2. The van der Waals surface area contributed by atoms with Gasteiger partial charge in [0.2, 0.25) is 0 Å². The van der Waals surface area contributed by atoms with Gasteiger partial charge >= 0.3 is 5.97 Å². The highest BCUT2D eigenvalue weighted by molar-refractivity contribution is 9.10. The van der Waals surface area contributed by atoms with E-state index in [1.165, 1.54) is 7.11 Å². The van der Waals surface area contributed by atoms with Gasteiger partial charge in [-0.05, 0) is 49.4 Å². The standard InChI is InChI=1S/C16H22BrNO3/c1-9(2)6-13(16(20)21-5)18-15(19)12-7-10(3)14(17)11(4)8-12/h7-9,13H,6H2,1-5H3,(H,18,19)/t13-/m1/s1. The number of amides is 1. The fraction of sp³-hybridized carbons (Fsp3) is 0.500. The molecule has 0 spiro atoms. The second-order valence-corrected chi connectivity index (χ2v) is 6.40. The molecule has 1 aromatic rings. The molecule has 0 unspecified atom stereocenters. The van der Waals surface area contributed by atoms with Crippen molar-refractivity contribution in [2.24, 2.45) is 5.92 Å². The van der Waals surface area contributed by atoms with Crippen molar-refractivity contribution in [3.05, 3.63) is 33.3 Å². The van der Waals surface area contributed by atoms with E-state index in [0.717, 1.165) is 15.6 Å². The van der Waals surface area contributed by atoms with Crippen LogP contribution in [0.15, 0.2) is 16.6 Å². The molecule has 1 rings (SSSR count). The second-order valence-electron chi connectivity index (χ2n) is 5.60. The van der Waals surface area contributed by atoms with Crippen LogP contribution in [0.1, 0.15) is 41.8 Å². The van der Waals surface area contributed by atoms with E-state index in [2.05, 4.69) is 21.2 Å². The molecule has 4 nitrogen and oxygen atoms in total. The third-order valence-corrected chi connectivity index (χ3v) is 4.45. The molecule has 0 heterocycles. The summed E-state index contributed by atoms with van der Waals surface area (Å²) in [5.41, 5.74) is 2.52. The number of methoxy groups -OCH3 is 1. The third-order valence-electron chi connectivity index (χ3n) is 3.20. The van der Waals surface area contributed by atoms with Gasteiger partial charge in [0, 0.05) is 10.0 Å². The Bertz CT molecular complexity index is 517. The monoisotopic (exact) mass is 355 g/mol. The number of hydrogen-bond donors (Lipinski definition) is 1. The molecule has 0 radical (unpaired) electrons. The van der Waals surface area contributed by atoms with Crippen LogP contribution in [0.4, 0.5) is 0 Å². The molecule has 0 aliphatic carbocycles. The molecule has 5 heteroatoms. The molecular weight excluding hydrogens is 334 g/mol. The zero-order valence-corrected chi connectivity index (χ0v) is 14.7. The van der Waals surface area contributed by atoms with Crippen molar-refractivity contribution in [2.45, 2.75) is 40.2 Å². The summed E-state index contributed by atoms with van der Waals surface area (Å²) in [6, 6.07) is 2.98. The molecule has 0 saturated carbocycles. The number of aryl methyl sites for hydroxylation is 2. The molecule has 0 aliphatic heterocycles. The Morgan fingerprint density at radius 2 is 1.76 bits per heavy atom. The summed E-state index contributed by atoms with van der Waals surface area (Å²) >= 11 is 3.47. The van der Waals surface area contributed by atoms with E-state index in [0.29, 0.717) is 12.0 Å². The van der Waals surface area contributed by atoms with Crippen LogP contribution in [0.2, 0.25) is 0 Å². The lowest BCUT2D eigenvalue weighted by molar-refractivity contribution is -0.143. The Labute approximate surface area is 134 Å². The minimum atomic E-state index is -0.619. The number of carbonyl (C=O) groups is 2. The van der Waals surface area contributed by atoms with Crippen molar-refractivity contribution in [3.63, 3.8) is 0 Å². The van der Waals surface area contributed by atoms with Gasteiger partial charge in [-0.1, -0.05) is 29.8 Å². The summed E-state index contributed by atoms with van der Waals surface area (Å²) in [6.45, 7) is 7.85. The maximum absolute atomic E-state index is 12.3. The molecule has 0 bridgehead atoms. The molecule has 1 amide bonds. The first-order chi connectivity index (χ1) is 9.76. The van der Waals surface area contributed by atoms with Crippen LogP contribution < -0.4 is 5.32 Å². The van der Waals surface area contributed by atoms with Crippen molar-refractivity contribution >= 4 is 27.8 Å². The van der Waals surface area contributed by atoms with E-state index in [4.69, 9.17) is 4.74 Å². The fourth-order valence-corrected chi connectivity index (χ4v) is 2.38. The highest BCUT2D eigenvalue weighted by atomic mass is 79.9. The van der Waals surface area contributed by atoms with Crippen LogP contribution >= 0.6 is 15.9 Å². The number of benzene rings is 1. The molecule has 0 aliphatic rings. The molecular formula is C16H22BrNO3. The first-order valence-corrected chi connectivity index (χ1v) is 7.71. The van der Waals surface area contributed by atoms with E-state index >= 15 is 0 Å². The summed E-state index contributed by atoms with van der Waals surface area (Å²) in [7, 11) is 1.33. The summed E-state index contributed by atoms with van der Waals surface area (Å²) in [5, 5.41) is 2.76. The fourth-order valence-electron chi connectivity index (χ4n) is 2.15. The predicted octanol–water partition coefficient (Wildman–Crippen LogP) is 3.38. The van der Waals surface area contributed by atoms with Gasteiger partial charge in [0.25, 0.3) is 5.91 Å². The number of carbonyl (C=O) groups excluding carboxylic acids is 2. The predicted molar refractivity (Wildman–Crippen MR) is 86.3 cm³/mol. The first kappa shape index (κ1) is 17.7. The molecule has 0 aromatic heterocycles. The summed E-state index contributed by atoms with van der Waals surface area (Å²) in [4.78, 5) is 24.1. The van der Waals surface area contributed by atoms with E-state index in [-0.39, 0.29) is 11.8 Å².